The maximum atomic E-state index is 7.11. The smallest absolute Gasteiger partial charge is 0.0918 e. The van der Waals surface area contributed by atoms with Crippen molar-refractivity contribution in [3.8, 4) is 0 Å². The highest BCUT2D eigenvalue weighted by atomic mass is 16.5. The second-order valence-electron chi connectivity index (χ2n) is 8.32. The van der Waals surface area contributed by atoms with Crippen molar-refractivity contribution in [3.63, 3.8) is 0 Å². The summed E-state index contributed by atoms with van der Waals surface area (Å²) in [5, 5.41) is 5.07. The fraction of sp³-hybridized carbons (Fsp3) is 0.286. The van der Waals surface area contributed by atoms with Gasteiger partial charge in [0.1, 0.15) is 0 Å². The summed E-state index contributed by atoms with van der Waals surface area (Å²) >= 11 is 0. The molecule has 0 aromatic heterocycles. The molecule has 0 amide bonds. The molecule has 0 radical (unpaired) electrons. The molecule has 0 saturated heterocycles. The highest BCUT2D eigenvalue weighted by Gasteiger charge is 2.38. The number of benzene rings is 4. The summed E-state index contributed by atoms with van der Waals surface area (Å²) in [5.74, 6) is 0. The average Bonchev–Trinajstić information content (AvgIpc) is 2.78. The van der Waals surface area contributed by atoms with Crippen molar-refractivity contribution in [3.05, 3.63) is 96.1 Å². The topological polar surface area (TPSA) is 9.23 Å². The molecule has 0 heterocycles. The van der Waals surface area contributed by atoms with Crippen LogP contribution >= 0.6 is 0 Å². The predicted molar refractivity (Wildman–Crippen MR) is 124 cm³/mol. The van der Waals surface area contributed by atoms with E-state index in [4.69, 9.17) is 4.74 Å². The van der Waals surface area contributed by atoms with Gasteiger partial charge in [-0.3, -0.25) is 0 Å². The summed E-state index contributed by atoms with van der Waals surface area (Å²) in [6.07, 6.45) is 1.81. The second kappa shape index (κ2) is 7.65. The van der Waals surface area contributed by atoms with Crippen LogP contribution in [0.2, 0.25) is 0 Å². The summed E-state index contributed by atoms with van der Waals surface area (Å²) in [6.45, 7) is 8.93. The van der Waals surface area contributed by atoms with E-state index in [0.717, 1.165) is 12.8 Å². The summed E-state index contributed by atoms with van der Waals surface area (Å²) in [4.78, 5) is 0. The lowest BCUT2D eigenvalue weighted by molar-refractivity contribution is -0.153. The zero-order valence-electron chi connectivity index (χ0n) is 17.9. The fourth-order valence-electron chi connectivity index (χ4n) is 4.51. The largest absolute Gasteiger partial charge is 0.360 e. The second-order valence-corrected chi connectivity index (χ2v) is 8.32. The van der Waals surface area contributed by atoms with Crippen LogP contribution in [0.1, 0.15) is 51.7 Å². The molecule has 4 aromatic carbocycles. The number of rotatable bonds is 6. The van der Waals surface area contributed by atoms with E-state index in [9.17, 15) is 0 Å². The molecule has 0 aliphatic rings. The first-order chi connectivity index (χ1) is 14.0. The Hall–Kier alpha value is -2.64. The van der Waals surface area contributed by atoms with Crippen LogP contribution in [0.5, 0.6) is 0 Å². The Morgan fingerprint density at radius 2 is 0.931 bits per heavy atom. The van der Waals surface area contributed by atoms with E-state index in [1.807, 2.05) is 0 Å². The fourth-order valence-corrected chi connectivity index (χ4v) is 4.51. The van der Waals surface area contributed by atoms with Crippen LogP contribution in [-0.2, 0) is 15.9 Å². The van der Waals surface area contributed by atoms with Gasteiger partial charge in [-0.25, -0.2) is 0 Å². The minimum absolute atomic E-state index is 0.386. The van der Waals surface area contributed by atoms with Crippen LogP contribution in [0.3, 0.4) is 0 Å². The molecule has 1 nitrogen and oxygen atoms in total. The van der Waals surface area contributed by atoms with Crippen molar-refractivity contribution in [2.24, 2.45) is 0 Å². The van der Waals surface area contributed by atoms with Gasteiger partial charge in [0.15, 0.2) is 0 Å². The monoisotopic (exact) mass is 382 g/mol. The molecule has 148 valence electrons. The molecule has 4 rings (SSSR count). The van der Waals surface area contributed by atoms with Crippen molar-refractivity contribution >= 4 is 21.5 Å². The van der Waals surface area contributed by atoms with E-state index in [-0.39, 0.29) is 11.2 Å². The van der Waals surface area contributed by atoms with E-state index < -0.39 is 0 Å². The third-order valence-corrected chi connectivity index (χ3v) is 6.52. The molecular weight excluding hydrogens is 352 g/mol. The number of ether oxygens (including phenoxy) is 1. The lowest BCUT2D eigenvalue weighted by atomic mass is 9.84. The van der Waals surface area contributed by atoms with Gasteiger partial charge in [-0.15, -0.1) is 0 Å². The van der Waals surface area contributed by atoms with Gasteiger partial charge in [-0.1, -0.05) is 98.8 Å². The van der Waals surface area contributed by atoms with Gasteiger partial charge in [-0.2, -0.15) is 0 Å². The van der Waals surface area contributed by atoms with Crippen molar-refractivity contribution in [1.82, 2.24) is 0 Å². The van der Waals surface area contributed by atoms with E-state index in [2.05, 4.69) is 113 Å². The Bertz CT molecular complexity index is 1040. The Kier molecular flexibility index (Phi) is 5.19. The third kappa shape index (κ3) is 3.45. The van der Waals surface area contributed by atoms with Gasteiger partial charge in [0, 0.05) is 0 Å². The van der Waals surface area contributed by atoms with Crippen molar-refractivity contribution in [2.75, 3.05) is 0 Å². The molecule has 29 heavy (non-hydrogen) atoms. The quantitative estimate of drug-likeness (QED) is 0.328. The molecule has 2 atom stereocenters. The maximum absolute atomic E-state index is 7.11. The van der Waals surface area contributed by atoms with Crippen LogP contribution in [0.25, 0.3) is 21.5 Å². The van der Waals surface area contributed by atoms with Gasteiger partial charge in [0.2, 0.25) is 0 Å². The number of hydrogen-bond acceptors (Lipinski definition) is 1. The Labute approximate surface area is 174 Å². The summed E-state index contributed by atoms with van der Waals surface area (Å²) < 4.78 is 7.11. The molecule has 0 aliphatic carbocycles. The van der Waals surface area contributed by atoms with E-state index in [1.165, 1.54) is 32.7 Å². The highest BCUT2D eigenvalue weighted by Crippen LogP contribution is 2.44. The van der Waals surface area contributed by atoms with Gasteiger partial charge in [-0.05, 0) is 59.4 Å². The SMILES string of the molecule is CCC(C)(OC(C)(CC)c1cccc2ccccc12)c1cccc2ccccc12. The van der Waals surface area contributed by atoms with Gasteiger partial charge >= 0.3 is 0 Å². The summed E-state index contributed by atoms with van der Waals surface area (Å²) in [5.41, 5.74) is 1.75. The average molecular weight is 383 g/mol. The van der Waals surface area contributed by atoms with E-state index in [1.54, 1.807) is 0 Å². The molecule has 0 aliphatic heterocycles. The Morgan fingerprint density at radius 1 is 0.552 bits per heavy atom. The first-order valence-electron chi connectivity index (χ1n) is 10.7. The molecule has 2 unspecified atom stereocenters. The molecule has 0 bridgehead atoms. The number of hydrogen-bond donors (Lipinski definition) is 0. The molecule has 0 saturated carbocycles. The lowest BCUT2D eigenvalue weighted by Gasteiger charge is -2.41. The summed E-state index contributed by atoms with van der Waals surface area (Å²) in [6, 6.07) is 30.3. The Balaban J connectivity index is 1.85. The van der Waals surface area contributed by atoms with Crippen LogP contribution in [0, 0.1) is 0 Å². The van der Waals surface area contributed by atoms with E-state index in [0.29, 0.717) is 0 Å². The molecule has 0 N–H and O–H groups in total. The van der Waals surface area contributed by atoms with Crippen LogP contribution in [0.4, 0.5) is 0 Å². The third-order valence-electron chi connectivity index (χ3n) is 6.52. The first-order valence-corrected chi connectivity index (χ1v) is 10.7. The van der Waals surface area contributed by atoms with Crippen molar-refractivity contribution in [1.29, 1.82) is 0 Å². The van der Waals surface area contributed by atoms with Gasteiger partial charge in [0.05, 0.1) is 11.2 Å². The van der Waals surface area contributed by atoms with E-state index >= 15 is 0 Å². The van der Waals surface area contributed by atoms with Gasteiger partial charge < -0.3 is 4.74 Å². The normalized spacial score (nSPS) is 15.9. The highest BCUT2D eigenvalue weighted by molar-refractivity contribution is 5.87. The van der Waals surface area contributed by atoms with Crippen molar-refractivity contribution in [2.45, 2.75) is 51.7 Å². The summed E-state index contributed by atoms with van der Waals surface area (Å²) in [7, 11) is 0. The molecule has 0 spiro atoms. The zero-order chi connectivity index (χ0) is 20.5. The van der Waals surface area contributed by atoms with Crippen LogP contribution < -0.4 is 0 Å². The standard InChI is InChI=1S/C28H30O/c1-5-27(3,25-19-11-15-21-13-7-9-17-23(21)25)29-28(4,6-2)26-20-12-16-22-14-8-10-18-24(22)26/h7-20H,5-6H2,1-4H3. The molecular formula is C28H30O. The zero-order valence-corrected chi connectivity index (χ0v) is 17.9. The van der Waals surface area contributed by atoms with Crippen LogP contribution in [0.15, 0.2) is 84.9 Å². The molecule has 1 heteroatoms. The maximum Gasteiger partial charge on any atom is 0.0918 e. The number of fused-ring (bicyclic) bond motifs is 2. The molecule has 0 fully saturated rings. The predicted octanol–water partition coefficient (Wildman–Crippen LogP) is 7.96. The van der Waals surface area contributed by atoms with Crippen LogP contribution in [-0.4, -0.2) is 0 Å². The van der Waals surface area contributed by atoms with Crippen molar-refractivity contribution < 1.29 is 4.74 Å². The Morgan fingerprint density at radius 3 is 1.34 bits per heavy atom. The molecule has 4 aromatic rings. The minimum atomic E-state index is -0.386. The first kappa shape index (κ1) is 19.7. The lowest BCUT2D eigenvalue weighted by Crippen LogP contribution is -2.37. The van der Waals surface area contributed by atoms with Gasteiger partial charge in [0.25, 0.3) is 0 Å². The minimum Gasteiger partial charge on any atom is -0.360 e.